The van der Waals surface area contributed by atoms with E-state index in [1.54, 1.807) is 30.6 Å². The largest absolute Gasteiger partial charge is 0.506 e. The minimum absolute atomic E-state index is 0.0776. The predicted molar refractivity (Wildman–Crippen MR) is 83.9 cm³/mol. The molecule has 1 aliphatic heterocycles. The molecule has 1 aromatic carbocycles. The molecule has 22 heavy (non-hydrogen) atoms. The molecule has 0 aliphatic carbocycles. The Labute approximate surface area is 128 Å². The second kappa shape index (κ2) is 6.01. The lowest BCUT2D eigenvalue weighted by molar-refractivity contribution is -0.117. The van der Waals surface area contributed by atoms with Crippen LogP contribution in [0.1, 0.15) is 18.4 Å². The standard InChI is InChI=1S/C16H18N4O2/c1-11-5-6-12(14(21)10-11)19-15(22)13-4-2-9-20(13)16-17-7-3-8-18-16/h3,5-8,10,13,21H,2,4,9H2,1H3,(H,19,22). The number of phenols is 1. The number of carbonyl (C=O) groups is 1. The van der Waals surface area contributed by atoms with Crippen molar-refractivity contribution in [1.29, 1.82) is 0 Å². The number of aryl methyl sites for hydroxylation is 1. The Morgan fingerprint density at radius 1 is 1.36 bits per heavy atom. The summed E-state index contributed by atoms with van der Waals surface area (Å²) >= 11 is 0. The van der Waals surface area contributed by atoms with Crippen LogP contribution in [0.3, 0.4) is 0 Å². The third-order valence-electron chi connectivity index (χ3n) is 3.78. The number of rotatable bonds is 3. The molecule has 1 atom stereocenters. The summed E-state index contributed by atoms with van der Waals surface area (Å²) in [6, 6.07) is 6.62. The lowest BCUT2D eigenvalue weighted by atomic mass is 10.1. The molecule has 1 aliphatic rings. The van der Waals surface area contributed by atoms with Gasteiger partial charge in [0.25, 0.3) is 0 Å². The van der Waals surface area contributed by atoms with Gasteiger partial charge < -0.3 is 15.3 Å². The highest BCUT2D eigenvalue weighted by atomic mass is 16.3. The lowest BCUT2D eigenvalue weighted by Gasteiger charge is -2.23. The molecule has 6 nitrogen and oxygen atoms in total. The number of nitrogens with one attached hydrogen (secondary N) is 1. The molecule has 1 aromatic heterocycles. The van der Waals surface area contributed by atoms with Gasteiger partial charge in [-0.25, -0.2) is 9.97 Å². The van der Waals surface area contributed by atoms with Crippen molar-refractivity contribution < 1.29 is 9.90 Å². The summed E-state index contributed by atoms with van der Waals surface area (Å²) in [4.78, 5) is 22.8. The Hall–Kier alpha value is -2.63. The first-order chi connectivity index (χ1) is 10.6. The number of amides is 1. The first-order valence-corrected chi connectivity index (χ1v) is 7.29. The van der Waals surface area contributed by atoms with Crippen LogP contribution < -0.4 is 10.2 Å². The molecule has 0 bridgehead atoms. The zero-order chi connectivity index (χ0) is 15.5. The van der Waals surface area contributed by atoms with Crippen molar-refractivity contribution in [1.82, 2.24) is 9.97 Å². The predicted octanol–water partition coefficient (Wildman–Crippen LogP) is 2.10. The number of aromatic nitrogens is 2. The van der Waals surface area contributed by atoms with Crippen LogP contribution in [-0.4, -0.2) is 33.6 Å². The zero-order valence-electron chi connectivity index (χ0n) is 12.4. The summed E-state index contributed by atoms with van der Waals surface area (Å²) in [5.74, 6) is 0.492. The summed E-state index contributed by atoms with van der Waals surface area (Å²) in [6.07, 6.45) is 5.00. The molecule has 0 saturated carbocycles. The third kappa shape index (κ3) is 2.86. The molecule has 1 amide bonds. The number of benzene rings is 1. The zero-order valence-corrected chi connectivity index (χ0v) is 12.4. The number of aromatic hydroxyl groups is 1. The molecule has 6 heteroatoms. The van der Waals surface area contributed by atoms with E-state index in [2.05, 4.69) is 15.3 Å². The highest BCUT2D eigenvalue weighted by molar-refractivity contribution is 5.98. The highest BCUT2D eigenvalue weighted by Crippen LogP contribution is 2.27. The van der Waals surface area contributed by atoms with Crippen molar-refractivity contribution in [3.63, 3.8) is 0 Å². The van der Waals surface area contributed by atoms with Crippen LogP contribution in [0.15, 0.2) is 36.7 Å². The van der Waals surface area contributed by atoms with Gasteiger partial charge in [-0.1, -0.05) is 6.07 Å². The first kappa shape index (κ1) is 14.3. The van der Waals surface area contributed by atoms with Gasteiger partial charge in [0.2, 0.25) is 11.9 Å². The van der Waals surface area contributed by atoms with Crippen molar-refractivity contribution in [2.45, 2.75) is 25.8 Å². The monoisotopic (exact) mass is 298 g/mol. The number of phenolic OH excluding ortho intramolecular Hbond substituents is 1. The summed E-state index contributed by atoms with van der Waals surface area (Å²) in [6.45, 7) is 2.64. The molecule has 1 fully saturated rings. The highest BCUT2D eigenvalue weighted by Gasteiger charge is 2.32. The van der Waals surface area contributed by atoms with E-state index in [1.165, 1.54) is 0 Å². The maximum atomic E-state index is 12.5. The van der Waals surface area contributed by atoms with E-state index in [4.69, 9.17) is 0 Å². The molecule has 0 spiro atoms. The van der Waals surface area contributed by atoms with Crippen LogP contribution in [0.25, 0.3) is 0 Å². The molecular weight excluding hydrogens is 280 g/mol. The summed E-state index contributed by atoms with van der Waals surface area (Å²) in [5.41, 5.74) is 1.37. The quantitative estimate of drug-likeness (QED) is 0.848. The van der Waals surface area contributed by atoms with Crippen molar-refractivity contribution in [3.05, 3.63) is 42.2 Å². The fraction of sp³-hybridized carbons (Fsp3) is 0.312. The Morgan fingerprint density at radius 3 is 2.86 bits per heavy atom. The Kier molecular flexibility index (Phi) is 3.91. The van der Waals surface area contributed by atoms with E-state index in [1.807, 2.05) is 17.9 Å². The van der Waals surface area contributed by atoms with Gasteiger partial charge in [0, 0.05) is 18.9 Å². The number of hydrogen-bond donors (Lipinski definition) is 2. The Balaban J connectivity index is 1.76. The normalized spacial score (nSPS) is 17.5. The molecule has 3 rings (SSSR count). The van der Waals surface area contributed by atoms with Gasteiger partial charge in [-0.2, -0.15) is 0 Å². The van der Waals surface area contributed by atoms with Crippen molar-refractivity contribution >= 4 is 17.5 Å². The summed E-state index contributed by atoms with van der Waals surface area (Å²) in [7, 11) is 0. The average molecular weight is 298 g/mol. The third-order valence-corrected chi connectivity index (χ3v) is 3.78. The molecule has 114 valence electrons. The topological polar surface area (TPSA) is 78.4 Å². The van der Waals surface area contributed by atoms with Crippen LogP contribution in [0.2, 0.25) is 0 Å². The Bertz CT molecular complexity index is 675. The minimum atomic E-state index is -0.317. The van der Waals surface area contributed by atoms with Gasteiger partial charge in [0.1, 0.15) is 11.8 Å². The number of anilines is 2. The van der Waals surface area contributed by atoms with Gasteiger partial charge in [-0.3, -0.25) is 4.79 Å². The average Bonchev–Trinajstić information content (AvgIpc) is 3.00. The van der Waals surface area contributed by atoms with Gasteiger partial charge in [-0.15, -0.1) is 0 Å². The fourth-order valence-electron chi connectivity index (χ4n) is 2.68. The summed E-state index contributed by atoms with van der Waals surface area (Å²) < 4.78 is 0. The van der Waals surface area contributed by atoms with Crippen LogP contribution in [0.5, 0.6) is 5.75 Å². The van der Waals surface area contributed by atoms with E-state index in [0.29, 0.717) is 11.6 Å². The summed E-state index contributed by atoms with van der Waals surface area (Å²) in [5, 5.41) is 12.7. The Morgan fingerprint density at radius 2 is 2.14 bits per heavy atom. The van der Waals surface area contributed by atoms with E-state index in [9.17, 15) is 9.90 Å². The van der Waals surface area contributed by atoms with Gasteiger partial charge in [0.15, 0.2) is 0 Å². The van der Waals surface area contributed by atoms with Crippen LogP contribution in [0, 0.1) is 6.92 Å². The van der Waals surface area contributed by atoms with Crippen molar-refractivity contribution in [2.75, 3.05) is 16.8 Å². The SMILES string of the molecule is Cc1ccc(NC(=O)C2CCCN2c2ncccn2)c(O)c1. The molecule has 2 N–H and O–H groups in total. The maximum absolute atomic E-state index is 12.5. The number of carbonyl (C=O) groups excluding carboxylic acids is 1. The van der Waals surface area contributed by atoms with Crippen molar-refractivity contribution in [3.8, 4) is 5.75 Å². The molecule has 1 unspecified atom stereocenters. The van der Waals surface area contributed by atoms with Crippen molar-refractivity contribution in [2.24, 2.45) is 0 Å². The van der Waals surface area contributed by atoms with Crippen LogP contribution in [0.4, 0.5) is 11.6 Å². The maximum Gasteiger partial charge on any atom is 0.247 e. The smallest absolute Gasteiger partial charge is 0.247 e. The van der Waals surface area contributed by atoms with Gasteiger partial charge in [-0.05, 0) is 43.5 Å². The molecular formula is C16H18N4O2. The second-order valence-corrected chi connectivity index (χ2v) is 5.41. The lowest BCUT2D eigenvalue weighted by Crippen LogP contribution is -2.40. The van der Waals surface area contributed by atoms with E-state index in [0.717, 1.165) is 24.9 Å². The van der Waals surface area contributed by atoms with Crippen LogP contribution >= 0.6 is 0 Å². The number of hydrogen-bond acceptors (Lipinski definition) is 5. The molecule has 2 aromatic rings. The van der Waals surface area contributed by atoms with E-state index < -0.39 is 0 Å². The minimum Gasteiger partial charge on any atom is -0.506 e. The molecule has 1 saturated heterocycles. The molecule has 2 heterocycles. The van der Waals surface area contributed by atoms with Gasteiger partial charge >= 0.3 is 0 Å². The second-order valence-electron chi connectivity index (χ2n) is 5.41. The molecule has 0 radical (unpaired) electrons. The fourth-order valence-corrected chi connectivity index (χ4v) is 2.68. The van der Waals surface area contributed by atoms with Gasteiger partial charge in [0.05, 0.1) is 5.69 Å². The van der Waals surface area contributed by atoms with Crippen LogP contribution in [-0.2, 0) is 4.79 Å². The first-order valence-electron chi connectivity index (χ1n) is 7.29. The van der Waals surface area contributed by atoms with E-state index in [-0.39, 0.29) is 17.7 Å². The number of nitrogens with zero attached hydrogens (tertiary/aromatic N) is 3. The van der Waals surface area contributed by atoms with E-state index >= 15 is 0 Å².